The molecule has 2 atom stereocenters. The van der Waals surface area contributed by atoms with Gasteiger partial charge in [0.25, 0.3) is 5.91 Å². The molecular formula is C20H23N3O4. The van der Waals surface area contributed by atoms with E-state index in [1.807, 2.05) is 18.2 Å². The van der Waals surface area contributed by atoms with Gasteiger partial charge < -0.3 is 19.5 Å². The standard InChI is InChI=1S/C20H23N3O4/c1-2-3-16-15(9-21-11-22-16)20(25)23-7-6-14(17(24)10-23)13-4-5-18-19(8-13)27-12-26-18/h4-5,8-9,11,14,17,24H,2-3,6-7,10,12H2,1H3/t14-,17+/m0/s1. The van der Waals surface area contributed by atoms with Crippen LogP contribution < -0.4 is 9.47 Å². The van der Waals surface area contributed by atoms with Crippen molar-refractivity contribution in [2.45, 2.75) is 38.2 Å². The lowest BCUT2D eigenvalue weighted by atomic mass is 9.86. The Bertz CT molecular complexity index is 842. The summed E-state index contributed by atoms with van der Waals surface area (Å²) in [4.78, 5) is 22.9. The average Bonchev–Trinajstić information content (AvgIpc) is 3.16. The second kappa shape index (κ2) is 7.52. The highest BCUT2D eigenvalue weighted by Gasteiger charge is 2.33. The number of aromatic nitrogens is 2. The number of ether oxygens (including phenoxy) is 2. The molecule has 142 valence electrons. The normalized spacial score (nSPS) is 21.3. The highest BCUT2D eigenvalue weighted by molar-refractivity contribution is 5.95. The van der Waals surface area contributed by atoms with Gasteiger partial charge >= 0.3 is 0 Å². The van der Waals surface area contributed by atoms with Gasteiger partial charge in [0.05, 0.1) is 17.4 Å². The van der Waals surface area contributed by atoms with Crippen molar-refractivity contribution >= 4 is 5.91 Å². The van der Waals surface area contributed by atoms with Crippen LogP contribution in [0.2, 0.25) is 0 Å². The first-order chi connectivity index (χ1) is 13.2. The van der Waals surface area contributed by atoms with Crippen molar-refractivity contribution in [2.75, 3.05) is 19.9 Å². The zero-order valence-corrected chi connectivity index (χ0v) is 15.3. The molecule has 0 spiro atoms. The Labute approximate surface area is 158 Å². The van der Waals surface area contributed by atoms with Gasteiger partial charge in [0.1, 0.15) is 6.33 Å². The molecule has 0 saturated carbocycles. The molecule has 1 amide bonds. The van der Waals surface area contributed by atoms with E-state index in [9.17, 15) is 9.90 Å². The summed E-state index contributed by atoms with van der Waals surface area (Å²) in [6.07, 6.45) is 4.75. The maximum absolute atomic E-state index is 12.9. The Hall–Kier alpha value is -2.67. The van der Waals surface area contributed by atoms with Crippen LogP contribution in [0.3, 0.4) is 0 Å². The van der Waals surface area contributed by atoms with E-state index in [1.165, 1.54) is 6.33 Å². The lowest BCUT2D eigenvalue weighted by Crippen LogP contribution is -2.46. The minimum Gasteiger partial charge on any atom is -0.454 e. The van der Waals surface area contributed by atoms with Gasteiger partial charge in [-0.15, -0.1) is 0 Å². The Kier molecular flexibility index (Phi) is 4.94. The van der Waals surface area contributed by atoms with Crippen LogP contribution >= 0.6 is 0 Å². The molecule has 0 bridgehead atoms. The molecule has 0 radical (unpaired) electrons. The summed E-state index contributed by atoms with van der Waals surface area (Å²) in [5, 5.41) is 10.7. The molecule has 1 N–H and O–H groups in total. The predicted molar refractivity (Wildman–Crippen MR) is 97.9 cm³/mol. The number of carbonyl (C=O) groups excluding carboxylic acids is 1. The number of nitrogens with zero attached hydrogens (tertiary/aromatic N) is 3. The van der Waals surface area contributed by atoms with Gasteiger partial charge in [0.2, 0.25) is 6.79 Å². The minimum atomic E-state index is -0.637. The molecular weight excluding hydrogens is 346 g/mol. The molecule has 2 aromatic rings. The van der Waals surface area contributed by atoms with Crippen molar-refractivity contribution in [1.29, 1.82) is 0 Å². The Morgan fingerprint density at radius 1 is 1.33 bits per heavy atom. The zero-order valence-electron chi connectivity index (χ0n) is 15.3. The fourth-order valence-corrected chi connectivity index (χ4v) is 3.79. The number of hydrogen-bond donors (Lipinski definition) is 1. The Morgan fingerprint density at radius 3 is 3.00 bits per heavy atom. The molecule has 2 aliphatic rings. The number of aryl methyl sites for hydroxylation is 1. The van der Waals surface area contributed by atoms with Crippen molar-refractivity contribution in [3.63, 3.8) is 0 Å². The summed E-state index contributed by atoms with van der Waals surface area (Å²) in [7, 11) is 0. The van der Waals surface area contributed by atoms with Crippen molar-refractivity contribution in [3.8, 4) is 11.5 Å². The molecule has 7 heteroatoms. The number of β-amino-alcohol motifs (C(OH)–C–C–N with tert-alkyl or cyclic N) is 1. The van der Waals surface area contributed by atoms with Crippen LogP contribution in [0.25, 0.3) is 0 Å². The Balaban J connectivity index is 1.48. The average molecular weight is 369 g/mol. The molecule has 0 aliphatic carbocycles. The van der Waals surface area contributed by atoms with Crippen molar-refractivity contribution in [3.05, 3.63) is 47.5 Å². The number of carbonyl (C=O) groups is 1. The minimum absolute atomic E-state index is 0.0364. The highest BCUT2D eigenvalue weighted by Crippen LogP contribution is 2.37. The van der Waals surface area contributed by atoms with Crippen LogP contribution in [-0.4, -0.2) is 51.9 Å². The molecule has 7 nitrogen and oxygen atoms in total. The molecule has 4 rings (SSSR count). The fourth-order valence-electron chi connectivity index (χ4n) is 3.79. The lowest BCUT2D eigenvalue weighted by molar-refractivity contribution is 0.0380. The monoisotopic (exact) mass is 369 g/mol. The number of aliphatic hydroxyl groups excluding tert-OH is 1. The number of piperidine rings is 1. The maximum Gasteiger partial charge on any atom is 0.257 e. The second-order valence-corrected chi connectivity index (χ2v) is 6.96. The van der Waals surface area contributed by atoms with Gasteiger partial charge in [0, 0.05) is 25.2 Å². The van der Waals surface area contributed by atoms with E-state index in [2.05, 4.69) is 16.9 Å². The SMILES string of the molecule is CCCc1ncncc1C(=O)N1CC[C@@H](c2ccc3c(c2)OCO3)[C@H](O)C1. The van der Waals surface area contributed by atoms with E-state index in [4.69, 9.17) is 9.47 Å². The van der Waals surface area contributed by atoms with E-state index >= 15 is 0 Å². The molecule has 3 heterocycles. The van der Waals surface area contributed by atoms with Crippen molar-refractivity contribution in [1.82, 2.24) is 14.9 Å². The van der Waals surface area contributed by atoms with Crippen LogP contribution in [0.15, 0.2) is 30.7 Å². The van der Waals surface area contributed by atoms with Crippen LogP contribution in [-0.2, 0) is 6.42 Å². The van der Waals surface area contributed by atoms with E-state index < -0.39 is 6.10 Å². The number of fused-ring (bicyclic) bond motifs is 1. The quantitative estimate of drug-likeness (QED) is 0.889. The molecule has 0 unspecified atom stereocenters. The highest BCUT2D eigenvalue weighted by atomic mass is 16.7. The third-order valence-electron chi connectivity index (χ3n) is 5.21. The molecule has 1 aromatic heterocycles. The molecule has 2 aliphatic heterocycles. The topological polar surface area (TPSA) is 84.8 Å². The van der Waals surface area contributed by atoms with Gasteiger partial charge in [-0.05, 0) is 30.5 Å². The summed E-state index contributed by atoms with van der Waals surface area (Å²) >= 11 is 0. The second-order valence-electron chi connectivity index (χ2n) is 6.96. The number of benzene rings is 1. The first kappa shape index (κ1) is 17.7. The summed E-state index contributed by atoms with van der Waals surface area (Å²) in [6, 6.07) is 5.77. The van der Waals surface area contributed by atoms with Gasteiger partial charge in [-0.25, -0.2) is 9.97 Å². The van der Waals surface area contributed by atoms with Crippen LogP contribution in [0.4, 0.5) is 0 Å². The van der Waals surface area contributed by atoms with Crippen molar-refractivity contribution < 1.29 is 19.4 Å². The van der Waals surface area contributed by atoms with Gasteiger partial charge in [-0.1, -0.05) is 19.4 Å². The van der Waals surface area contributed by atoms with E-state index in [1.54, 1.807) is 11.1 Å². The number of aliphatic hydroxyl groups is 1. The fraction of sp³-hybridized carbons (Fsp3) is 0.450. The van der Waals surface area contributed by atoms with E-state index in [-0.39, 0.29) is 18.6 Å². The van der Waals surface area contributed by atoms with Gasteiger partial charge in [-0.2, -0.15) is 0 Å². The predicted octanol–water partition coefficient (Wildman–Crippen LogP) is 2.15. The lowest BCUT2D eigenvalue weighted by Gasteiger charge is -2.36. The smallest absolute Gasteiger partial charge is 0.257 e. The largest absolute Gasteiger partial charge is 0.454 e. The van der Waals surface area contributed by atoms with E-state index in [0.717, 1.165) is 29.8 Å². The van der Waals surface area contributed by atoms with Crippen LogP contribution in [0.5, 0.6) is 11.5 Å². The first-order valence-electron chi connectivity index (χ1n) is 9.33. The third kappa shape index (κ3) is 3.47. The number of rotatable bonds is 4. The molecule has 1 aromatic carbocycles. The van der Waals surface area contributed by atoms with Crippen molar-refractivity contribution in [2.24, 2.45) is 0 Å². The first-order valence-corrected chi connectivity index (χ1v) is 9.33. The van der Waals surface area contributed by atoms with Gasteiger partial charge in [0.15, 0.2) is 11.5 Å². The molecule has 1 saturated heterocycles. The number of likely N-dealkylation sites (tertiary alicyclic amines) is 1. The third-order valence-corrected chi connectivity index (χ3v) is 5.21. The van der Waals surface area contributed by atoms with Gasteiger partial charge in [-0.3, -0.25) is 4.79 Å². The number of amides is 1. The molecule has 27 heavy (non-hydrogen) atoms. The molecule has 1 fully saturated rings. The summed E-state index contributed by atoms with van der Waals surface area (Å²) in [5.41, 5.74) is 2.31. The summed E-state index contributed by atoms with van der Waals surface area (Å²) < 4.78 is 10.8. The van der Waals surface area contributed by atoms with Crippen LogP contribution in [0, 0.1) is 0 Å². The Morgan fingerprint density at radius 2 is 2.19 bits per heavy atom. The number of hydrogen-bond acceptors (Lipinski definition) is 6. The maximum atomic E-state index is 12.9. The summed E-state index contributed by atoms with van der Waals surface area (Å²) in [5.74, 6) is 1.30. The zero-order chi connectivity index (χ0) is 18.8. The van der Waals surface area contributed by atoms with Crippen LogP contribution in [0.1, 0.15) is 47.3 Å². The summed E-state index contributed by atoms with van der Waals surface area (Å²) in [6.45, 7) is 3.15. The van der Waals surface area contributed by atoms with E-state index in [0.29, 0.717) is 30.8 Å².